The fourth-order valence-corrected chi connectivity index (χ4v) is 11.9. The zero-order valence-electron chi connectivity index (χ0n) is 32.7. The van der Waals surface area contributed by atoms with Crippen LogP contribution >= 0.6 is 0 Å². The molecule has 2 aromatic carbocycles. The van der Waals surface area contributed by atoms with Gasteiger partial charge in [0.25, 0.3) is 0 Å². The van der Waals surface area contributed by atoms with Crippen LogP contribution in [-0.2, 0) is 27.2 Å². The topological polar surface area (TPSA) is 136 Å². The summed E-state index contributed by atoms with van der Waals surface area (Å²) in [5, 5.41) is 2.72. The number of halogens is 1. The first-order valence-corrected chi connectivity index (χ1v) is 23.3. The number of rotatable bonds is 10. The fourth-order valence-electron chi connectivity index (χ4n) is 9.64. The van der Waals surface area contributed by atoms with Crippen molar-refractivity contribution in [2.45, 2.75) is 101 Å². The molecule has 0 unspecified atom stereocenters. The molecule has 2 aliphatic carbocycles. The second kappa shape index (κ2) is 15.4. The van der Waals surface area contributed by atoms with E-state index in [1.807, 2.05) is 31.1 Å². The Morgan fingerprint density at radius 2 is 1.49 bits per heavy atom. The number of nitrogens with zero attached hydrogens (tertiary/aromatic N) is 4. The van der Waals surface area contributed by atoms with Gasteiger partial charge in [-0.1, -0.05) is 26.0 Å². The first-order chi connectivity index (χ1) is 26.6. The Labute approximate surface area is 334 Å². The smallest absolute Gasteiger partial charge is 0.0175 e. The van der Waals surface area contributed by atoms with Gasteiger partial charge in [0, 0.05) is 6.54 Å². The number of carbonyl (C=O) groups excluding carboxylic acids is 3. The number of hydrogen-bond acceptors (Lipinski definition) is 6. The van der Waals surface area contributed by atoms with Crippen molar-refractivity contribution >= 4 is 17.9 Å². The largest absolute Gasteiger partial charge is 0.340 e. The number of aryl methyl sites for hydroxylation is 2. The number of imidazole rings is 2. The maximum absolute atomic E-state index is 13.9. The van der Waals surface area contributed by atoms with E-state index in [0.717, 1.165) is 72.7 Å². The molecule has 12 heteroatoms. The number of likely N-dealkylation sites (tertiary alicyclic amines) is 2. The second-order valence-electron chi connectivity index (χ2n) is 16.4. The van der Waals surface area contributed by atoms with E-state index >= 15 is 0 Å². The summed E-state index contributed by atoms with van der Waals surface area (Å²) in [5.41, 5.74) is 9.27. The molecule has 3 fully saturated rings. The van der Waals surface area contributed by atoms with Gasteiger partial charge in [-0.05, 0) is 36.0 Å². The molecule has 11 nitrogen and oxygen atoms in total. The number of alkyl carbamates (subject to hydrolysis) is 1. The Morgan fingerprint density at radius 1 is 0.855 bits per heavy atom. The normalized spacial score (nSPS) is 22.6. The van der Waals surface area contributed by atoms with Crippen molar-refractivity contribution in [3.63, 3.8) is 0 Å². The number of aromatic nitrogens is 4. The van der Waals surface area contributed by atoms with E-state index in [9.17, 15) is 14.4 Å². The second-order valence-corrected chi connectivity index (χ2v) is 19.0. The van der Waals surface area contributed by atoms with E-state index in [-0.39, 0.29) is 49.0 Å². The predicted octanol–water partition coefficient (Wildman–Crippen LogP) is 4.07. The summed E-state index contributed by atoms with van der Waals surface area (Å²) in [5.74, 6) is 2.70. The minimum Gasteiger partial charge on any atom is -0.340 e. The summed E-state index contributed by atoms with van der Waals surface area (Å²) < 4.78 is 4.94. The van der Waals surface area contributed by atoms with Crippen LogP contribution in [0.2, 0.25) is 0 Å². The van der Waals surface area contributed by atoms with Crippen LogP contribution in [0.15, 0.2) is 48.8 Å². The summed E-state index contributed by atoms with van der Waals surface area (Å²) >= 11 is -0.188. The van der Waals surface area contributed by atoms with E-state index < -0.39 is 12.1 Å². The van der Waals surface area contributed by atoms with Crippen LogP contribution in [0.4, 0.5) is 4.79 Å². The van der Waals surface area contributed by atoms with Crippen LogP contribution in [0.5, 0.6) is 0 Å². The first-order valence-electron chi connectivity index (χ1n) is 19.9. The third-order valence-corrected chi connectivity index (χ3v) is 15.7. The molecule has 4 aliphatic rings. The quantitative estimate of drug-likeness (QED) is 0.163. The number of hydrogen-bond donors (Lipinski definition) is 3. The molecule has 55 heavy (non-hydrogen) atoms. The molecule has 0 spiro atoms. The number of aromatic amines is 2. The first kappa shape index (κ1) is 37.7. The Bertz CT molecular complexity index is 2090. The molecule has 2 aliphatic heterocycles. The Morgan fingerprint density at radius 3 is 2.09 bits per heavy atom. The molecule has 2 saturated heterocycles. The predicted molar refractivity (Wildman–Crippen MR) is 208 cm³/mol. The van der Waals surface area contributed by atoms with E-state index in [1.165, 1.54) is 35.8 Å². The maximum atomic E-state index is 13.9. The monoisotopic (exact) mass is 858 g/mol. The summed E-state index contributed by atoms with van der Waals surface area (Å²) in [6, 6.07) is 12.9. The van der Waals surface area contributed by atoms with Crippen LogP contribution in [0.1, 0.15) is 94.7 Å². The van der Waals surface area contributed by atoms with Crippen molar-refractivity contribution in [1.82, 2.24) is 35.1 Å². The van der Waals surface area contributed by atoms with Crippen LogP contribution in [0, 0.1) is 17.8 Å². The van der Waals surface area contributed by atoms with Gasteiger partial charge in [-0.3, -0.25) is 4.79 Å². The number of alkyl halides is 2. The van der Waals surface area contributed by atoms with Crippen molar-refractivity contribution in [2.24, 2.45) is 17.8 Å². The SMILES string of the molecule is COC(=O)N[C@H](C(=O)N1CCC[C@H]1c1ncc(-c2ccc3c(c2)CCc2cc(-c4cnc([C@@H]5[C@H]6CC[C@H](C6)N5C(=O)[C@@H]([I-]C)C(C)C)[nH]4)ccc2-3)[nH]1)C(C)C. The zero-order chi connectivity index (χ0) is 38.5. The molecule has 3 amide bonds. The van der Waals surface area contributed by atoms with E-state index in [0.29, 0.717) is 30.3 Å². The number of benzene rings is 2. The Kier molecular flexibility index (Phi) is 10.5. The molecule has 2 bridgehead atoms. The molecule has 0 radical (unpaired) electrons. The number of ether oxygens (including phenoxy) is 1. The Hall–Kier alpha value is -4.20. The van der Waals surface area contributed by atoms with E-state index in [2.05, 4.69) is 75.4 Å². The molecular weight excluding hydrogens is 805 g/mol. The summed E-state index contributed by atoms with van der Waals surface area (Å²) in [4.78, 5) is 62.7. The van der Waals surface area contributed by atoms with E-state index in [1.54, 1.807) is 0 Å². The Balaban J connectivity index is 0.987. The summed E-state index contributed by atoms with van der Waals surface area (Å²) in [6.45, 7) is 8.84. The van der Waals surface area contributed by atoms with Gasteiger partial charge in [-0.25, -0.2) is 9.78 Å². The third kappa shape index (κ3) is 6.97. The van der Waals surface area contributed by atoms with Gasteiger partial charge in [0.05, 0.1) is 25.0 Å². The number of carbonyl (C=O) groups is 3. The number of piperidine rings is 1. The van der Waals surface area contributed by atoms with Gasteiger partial charge >= 0.3 is 190 Å². The molecule has 4 aromatic rings. The van der Waals surface area contributed by atoms with Crippen LogP contribution in [0.25, 0.3) is 33.6 Å². The molecular formula is C43H53IN7O4-. The number of methoxy groups -OCH3 is 1. The van der Waals surface area contributed by atoms with E-state index in [4.69, 9.17) is 14.7 Å². The maximum Gasteiger partial charge on any atom is -0.0175 e. The fraction of sp³-hybridized carbons (Fsp3) is 0.512. The standard InChI is InChI=1S/C43H53IN7O4/c1-23(2)36(44-5)41(52)51-30-14-11-29(20-30)38(51)40-46-22-34(48-40)28-13-16-32-26(19-28)10-9-25-18-27(12-15-31(25)32)33-21-45-39(47-33)35-8-7-17-50(35)42(53)37(24(3)4)49-43(54)55-6/h12-13,15-16,18-19,21-24,29-30,35-38H,7-11,14,17,20H2,1-6H3,(H,45,47)(H,46,48)(H,49,54)/q-1/t29-,30+,35-,36-,37-,38-/m0/s1. The van der Waals surface area contributed by atoms with Gasteiger partial charge in [0.15, 0.2) is 0 Å². The van der Waals surface area contributed by atoms with Gasteiger partial charge < -0.3 is 19.9 Å². The number of H-pyrrole nitrogens is 2. The molecule has 1 saturated carbocycles. The zero-order valence-corrected chi connectivity index (χ0v) is 34.9. The summed E-state index contributed by atoms with van der Waals surface area (Å²) in [7, 11) is 1.31. The van der Waals surface area contributed by atoms with Crippen molar-refractivity contribution in [3.05, 3.63) is 71.6 Å². The van der Waals surface area contributed by atoms with Crippen molar-refractivity contribution in [3.8, 4) is 33.6 Å². The van der Waals surface area contributed by atoms with Crippen molar-refractivity contribution in [2.75, 3.05) is 18.6 Å². The van der Waals surface area contributed by atoms with Gasteiger partial charge in [0.1, 0.15) is 11.9 Å². The number of fused-ring (bicyclic) bond motifs is 5. The average molecular weight is 859 g/mol. The summed E-state index contributed by atoms with van der Waals surface area (Å²) in [6.07, 6.45) is 10.2. The van der Waals surface area contributed by atoms with Crippen molar-refractivity contribution in [1.29, 1.82) is 0 Å². The number of amides is 3. The molecule has 3 N–H and O–H groups in total. The third-order valence-electron chi connectivity index (χ3n) is 12.4. The molecule has 6 atom stereocenters. The van der Waals surface area contributed by atoms with Gasteiger partial charge in [-0.15, -0.1) is 0 Å². The minimum absolute atomic E-state index is 0.0496. The van der Waals surface area contributed by atoms with Gasteiger partial charge in [-0.2, -0.15) is 0 Å². The molecule has 8 rings (SSSR count). The molecule has 2 aromatic heterocycles. The molecule has 292 valence electrons. The van der Waals surface area contributed by atoms with Crippen LogP contribution in [-0.4, -0.2) is 82.2 Å². The van der Waals surface area contributed by atoms with Crippen molar-refractivity contribution < 1.29 is 40.3 Å². The minimum atomic E-state index is -0.668. The van der Waals surface area contributed by atoms with Crippen LogP contribution < -0.4 is 26.5 Å². The average Bonchev–Trinajstić information content (AvgIpc) is 4.04. The van der Waals surface area contributed by atoms with Crippen LogP contribution in [0.3, 0.4) is 0 Å². The number of nitrogens with one attached hydrogen (secondary N) is 3. The molecule has 4 heterocycles. The van der Waals surface area contributed by atoms with Gasteiger partial charge in [0.2, 0.25) is 5.91 Å².